The maximum atomic E-state index is 4.90. The summed E-state index contributed by atoms with van der Waals surface area (Å²) in [5, 5.41) is 8.15. The fourth-order valence-corrected chi connectivity index (χ4v) is 4.90. The number of nitrogens with zero attached hydrogens (tertiary/aromatic N) is 4. The third-order valence-corrected chi connectivity index (χ3v) is 6.38. The van der Waals surface area contributed by atoms with E-state index >= 15 is 0 Å². The number of fused-ring (bicyclic) bond motifs is 2. The molecule has 0 bridgehead atoms. The lowest BCUT2D eigenvalue weighted by Crippen LogP contribution is -2.26. The van der Waals surface area contributed by atoms with Crippen molar-refractivity contribution in [3.8, 4) is 0 Å². The van der Waals surface area contributed by atoms with Crippen LogP contribution in [0.4, 0.5) is 5.82 Å². The van der Waals surface area contributed by atoms with Gasteiger partial charge in [0.05, 0.1) is 11.9 Å². The molecule has 2 aromatic heterocycles. The summed E-state index contributed by atoms with van der Waals surface area (Å²) in [5.41, 5.74) is 3.68. The van der Waals surface area contributed by atoms with Crippen LogP contribution < -0.4 is 10.2 Å². The van der Waals surface area contributed by atoms with Gasteiger partial charge in [-0.3, -0.25) is 0 Å². The lowest BCUT2D eigenvalue weighted by atomic mass is 9.91. The molecule has 2 unspecified atom stereocenters. The minimum Gasteiger partial charge on any atom is -0.356 e. The van der Waals surface area contributed by atoms with Gasteiger partial charge in [0.2, 0.25) is 0 Å². The molecule has 2 atom stereocenters. The molecule has 0 spiro atoms. The Morgan fingerprint density at radius 3 is 3.04 bits per heavy atom. The van der Waals surface area contributed by atoms with Crippen molar-refractivity contribution in [1.82, 2.24) is 19.9 Å². The zero-order valence-corrected chi connectivity index (χ0v) is 16.0. The van der Waals surface area contributed by atoms with Crippen LogP contribution >= 0.6 is 0 Å². The molecule has 1 saturated heterocycles. The molecule has 2 aliphatic heterocycles. The molecule has 5 rings (SSSR count). The van der Waals surface area contributed by atoms with E-state index in [4.69, 9.17) is 4.98 Å². The van der Waals surface area contributed by atoms with Crippen LogP contribution in [-0.4, -0.2) is 40.8 Å². The Bertz CT molecular complexity index is 865. The van der Waals surface area contributed by atoms with Crippen LogP contribution in [0.25, 0.3) is 5.65 Å². The normalized spacial score (nSPS) is 25.1. The number of rotatable bonds is 4. The van der Waals surface area contributed by atoms with E-state index in [1.54, 1.807) is 0 Å². The first-order chi connectivity index (χ1) is 13.4. The van der Waals surface area contributed by atoms with Gasteiger partial charge >= 0.3 is 0 Å². The quantitative estimate of drug-likeness (QED) is 0.906. The summed E-state index contributed by atoms with van der Waals surface area (Å²) < 4.78 is 2.08. The predicted molar refractivity (Wildman–Crippen MR) is 109 cm³/mol. The van der Waals surface area contributed by atoms with Gasteiger partial charge in [0.1, 0.15) is 5.82 Å². The summed E-state index contributed by atoms with van der Waals surface area (Å²) in [4.78, 5) is 7.49. The number of nitrogens with one attached hydrogen (secondary N) is 1. The second-order valence-electron chi connectivity index (χ2n) is 8.20. The molecule has 1 fully saturated rings. The summed E-state index contributed by atoms with van der Waals surface area (Å²) in [6.07, 6.45) is 18.2. The molecule has 0 saturated carbocycles. The van der Waals surface area contributed by atoms with Crippen molar-refractivity contribution in [2.75, 3.05) is 31.1 Å². The lowest BCUT2D eigenvalue weighted by Gasteiger charge is -2.24. The molecule has 1 N–H and O–H groups in total. The fraction of sp³-hybridized carbons (Fsp3) is 0.545. The third kappa shape index (κ3) is 3.41. The Kier molecular flexibility index (Phi) is 4.70. The Balaban J connectivity index is 1.36. The van der Waals surface area contributed by atoms with E-state index in [0.29, 0.717) is 0 Å². The van der Waals surface area contributed by atoms with Crippen molar-refractivity contribution in [2.24, 2.45) is 11.8 Å². The predicted octanol–water partition coefficient (Wildman–Crippen LogP) is 3.16. The Morgan fingerprint density at radius 2 is 2.11 bits per heavy atom. The summed E-state index contributed by atoms with van der Waals surface area (Å²) in [6, 6.07) is 2.04. The monoisotopic (exact) mass is 363 g/mol. The fourth-order valence-electron chi connectivity index (χ4n) is 4.90. The molecule has 2 aromatic rings. The summed E-state index contributed by atoms with van der Waals surface area (Å²) in [5.74, 6) is 2.85. The van der Waals surface area contributed by atoms with E-state index < -0.39 is 0 Å². The SMILES string of the molecule is C1=CCC(CCC2CCN(c3c4c(nc5ccnn35)CCNCC4)C2)C=C1. The van der Waals surface area contributed by atoms with Crippen LogP contribution in [-0.2, 0) is 12.8 Å². The molecular formula is C22H29N5. The molecule has 0 amide bonds. The highest BCUT2D eigenvalue weighted by atomic mass is 15.4. The molecule has 27 heavy (non-hydrogen) atoms. The molecule has 0 aromatic carbocycles. The minimum atomic E-state index is 0.741. The zero-order chi connectivity index (χ0) is 18.1. The maximum Gasteiger partial charge on any atom is 0.157 e. The number of hydrogen-bond acceptors (Lipinski definition) is 4. The van der Waals surface area contributed by atoms with Crippen molar-refractivity contribution < 1.29 is 0 Å². The van der Waals surface area contributed by atoms with Crippen molar-refractivity contribution in [2.45, 2.75) is 38.5 Å². The van der Waals surface area contributed by atoms with Gasteiger partial charge in [0.15, 0.2) is 5.65 Å². The van der Waals surface area contributed by atoms with Gasteiger partial charge in [-0.1, -0.05) is 24.3 Å². The zero-order valence-electron chi connectivity index (χ0n) is 16.0. The highest BCUT2D eigenvalue weighted by Crippen LogP contribution is 2.33. The van der Waals surface area contributed by atoms with Crippen LogP contribution in [0, 0.1) is 11.8 Å². The first-order valence-corrected chi connectivity index (χ1v) is 10.5. The van der Waals surface area contributed by atoms with Crippen molar-refractivity contribution in [1.29, 1.82) is 0 Å². The Hall–Kier alpha value is -2.14. The van der Waals surface area contributed by atoms with E-state index in [1.807, 2.05) is 12.3 Å². The third-order valence-electron chi connectivity index (χ3n) is 6.38. The number of aromatic nitrogens is 3. The maximum absolute atomic E-state index is 4.90. The van der Waals surface area contributed by atoms with Crippen molar-refractivity contribution >= 4 is 11.5 Å². The largest absolute Gasteiger partial charge is 0.356 e. The van der Waals surface area contributed by atoms with Crippen molar-refractivity contribution in [3.63, 3.8) is 0 Å². The van der Waals surface area contributed by atoms with Gasteiger partial charge < -0.3 is 10.2 Å². The number of hydrogen-bond donors (Lipinski definition) is 1. The Labute approximate surface area is 161 Å². The molecule has 5 heteroatoms. The van der Waals surface area contributed by atoms with E-state index in [2.05, 4.69) is 44.1 Å². The molecule has 3 aliphatic rings. The smallest absolute Gasteiger partial charge is 0.157 e. The van der Waals surface area contributed by atoms with Crippen LogP contribution in [0.2, 0.25) is 0 Å². The second-order valence-corrected chi connectivity index (χ2v) is 8.20. The average Bonchev–Trinajstić information content (AvgIpc) is 3.30. The summed E-state index contributed by atoms with van der Waals surface area (Å²) >= 11 is 0. The standard InChI is InChI=1S/C22H29N5/c1-2-4-17(5-3-1)6-7-18-11-15-26(16-18)22-19-8-12-23-13-9-20(19)25-21-10-14-24-27(21)22/h1-4,10,14,17-18,23H,5-9,11-13,15-16H2. The van der Waals surface area contributed by atoms with Gasteiger partial charge in [-0.25, -0.2) is 4.98 Å². The molecule has 142 valence electrons. The molecule has 0 radical (unpaired) electrons. The topological polar surface area (TPSA) is 45.5 Å². The second kappa shape index (κ2) is 7.47. The molecule has 1 aliphatic carbocycles. The lowest BCUT2D eigenvalue weighted by molar-refractivity contribution is 0.457. The molecular weight excluding hydrogens is 334 g/mol. The highest BCUT2D eigenvalue weighted by Gasteiger charge is 2.28. The van der Waals surface area contributed by atoms with Gasteiger partial charge in [0, 0.05) is 37.7 Å². The van der Waals surface area contributed by atoms with Gasteiger partial charge in [-0.15, -0.1) is 0 Å². The van der Waals surface area contributed by atoms with E-state index in [0.717, 1.165) is 56.5 Å². The average molecular weight is 364 g/mol. The van der Waals surface area contributed by atoms with Gasteiger partial charge in [-0.2, -0.15) is 9.61 Å². The van der Waals surface area contributed by atoms with Gasteiger partial charge in [0.25, 0.3) is 0 Å². The minimum absolute atomic E-state index is 0.741. The van der Waals surface area contributed by atoms with E-state index in [-0.39, 0.29) is 0 Å². The van der Waals surface area contributed by atoms with Crippen LogP contribution in [0.5, 0.6) is 0 Å². The van der Waals surface area contributed by atoms with E-state index in [1.165, 1.54) is 42.8 Å². The van der Waals surface area contributed by atoms with Gasteiger partial charge in [-0.05, 0) is 50.5 Å². The van der Waals surface area contributed by atoms with Crippen LogP contribution in [0.3, 0.4) is 0 Å². The van der Waals surface area contributed by atoms with E-state index in [9.17, 15) is 0 Å². The summed E-state index contributed by atoms with van der Waals surface area (Å²) in [7, 11) is 0. The van der Waals surface area contributed by atoms with Crippen LogP contribution in [0.1, 0.15) is 36.9 Å². The summed E-state index contributed by atoms with van der Waals surface area (Å²) in [6.45, 7) is 4.36. The molecule has 5 nitrogen and oxygen atoms in total. The highest BCUT2D eigenvalue weighted by molar-refractivity contribution is 5.58. The number of anilines is 1. The first kappa shape index (κ1) is 17.0. The number of allylic oxidation sites excluding steroid dienone is 4. The molecule has 4 heterocycles. The Morgan fingerprint density at radius 1 is 1.15 bits per heavy atom. The van der Waals surface area contributed by atoms with Crippen molar-refractivity contribution in [3.05, 3.63) is 47.8 Å². The first-order valence-electron chi connectivity index (χ1n) is 10.5. The van der Waals surface area contributed by atoms with Crippen LogP contribution in [0.15, 0.2) is 36.6 Å².